The summed E-state index contributed by atoms with van der Waals surface area (Å²) in [4.78, 5) is 23.5. The number of aryl methyl sites for hydroxylation is 1. The average Bonchev–Trinajstić information content (AvgIpc) is 3.00. The van der Waals surface area contributed by atoms with E-state index in [1.165, 1.54) is 4.68 Å². The van der Waals surface area contributed by atoms with Crippen molar-refractivity contribution in [3.8, 4) is 0 Å². The van der Waals surface area contributed by atoms with Gasteiger partial charge in [-0.05, 0) is 31.0 Å². The van der Waals surface area contributed by atoms with Crippen molar-refractivity contribution in [2.24, 2.45) is 0 Å². The minimum Gasteiger partial charge on any atom is -0.387 e. The van der Waals surface area contributed by atoms with Crippen LogP contribution in [0.1, 0.15) is 39.0 Å². The van der Waals surface area contributed by atoms with Gasteiger partial charge in [0, 0.05) is 12.1 Å². The Labute approximate surface area is 168 Å². The van der Waals surface area contributed by atoms with Gasteiger partial charge in [-0.15, -0.1) is 0 Å². The van der Waals surface area contributed by atoms with Gasteiger partial charge in [0.25, 0.3) is 5.91 Å². The minimum atomic E-state index is -0.814. The first kappa shape index (κ1) is 20.2. The summed E-state index contributed by atoms with van der Waals surface area (Å²) < 4.78 is 1.53. The van der Waals surface area contributed by atoms with E-state index in [1.54, 1.807) is 50.2 Å². The van der Waals surface area contributed by atoms with E-state index in [0.29, 0.717) is 22.5 Å². The summed E-state index contributed by atoms with van der Waals surface area (Å²) in [6.45, 7) is 3.52. The molecule has 2 N–H and O–H groups in total. The Bertz CT molecular complexity index is 1030. The Kier molecular flexibility index (Phi) is 6.04. The summed E-state index contributed by atoms with van der Waals surface area (Å²) in [5.41, 5.74) is 2.58. The van der Waals surface area contributed by atoms with Gasteiger partial charge in [-0.2, -0.15) is 5.10 Å². The number of aliphatic hydroxyl groups is 1. The first-order valence-electron chi connectivity index (χ1n) is 9.16. The number of benzene rings is 2. The Morgan fingerprint density at radius 3 is 2.48 bits per heavy atom. The third kappa shape index (κ3) is 4.49. The number of carbonyl (C=O) groups excluding carboxylic acids is 1. The second-order valence-corrected chi connectivity index (χ2v) is 6.73. The van der Waals surface area contributed by atoms with E-state index in [0.717, 1.165) is 5.56 Å². The Morgan fingerprint density at radius 1 is 1.17 bits per heavy atom. The quantitative estimate of drug-likeness (QED) is 0.473. The van der Waals surface area contributed by atoms with Crippen molar-refractivity contribution >= 4 is 11.6 Å². The van der Waals surface area contributed by atoms with Crippen LogP contribution in [0.3, 0.4) is 0 Å². The molecule has 0 saturated carbocycles. The zero-order valence-corrected chi connectivity index (χ0v) is 16.2. The summed E-state index contributed by atoms with van der Waals surface area (Å²) in [7, 11) is 0. The van der Waals surface area contributed by atoms with Crippen LogP contribution in [-0.4, -0.2) is 32.3 Å². The smallest absolute Gasteiger partial charge is 0.312 e. The predicted octanol–water partition coefficient (Wildman–Crippen LogP) is 2.92. The number of aromatic nitrogens is 2. The number of rotatable bonds is 7. The maximum atomic E-state index is 12.7. The fourth-order valence-electron chi connectivity index (χ4n) is 3.22. The highest BCUT2D eigenvalue weighted by molar-refractivity contribution is 5.95. The lowest BCUT2D eigenvalue weighted by Gasteiger charge is -2.14. The summed E-state index contributed by atoms with van der Waals surface area (Å²) in [6, 6.07) is 16.1. The van der Waals surface area contributed by atoms with Crippen LogP contribution in [0.5, 0.6) is 0 Å². The van der Waals surface area contributed by atoms with Crippen molar-refractivity contribution in [3.05, 3.63) is 92.8 Å². The van der Waals surface area contributed by atoms with Crippen molar-refractivity contribution in [1.82, 2.24) is 15.1 Å². The van der Waals surface area contributed by atoms with Crippen molar-refractivity contribution in [3.63, 3.8) is 0 Å². The Balaban J connectivity index is 1.76. The average molecular weight is 394 g/mol. The van der Waals surface area contributed by atoms with Crippen LogP contribution in [0.15, 0.2) is 54.6 Å². The van der Waals surface area contributed by atoms with E-state index < -0.39 is 11.0 Å². The standard InChI is InChI=1S/C21H22N4O4/c1-14-20(25(28)29)15(2)24(23-14)13-17-10-6-7-11-18(17)21(27)22-12-19(26)16-8-4-3-5-9-16/h3-11,19,26H,12-13H2,1-2H3,(H,22,27). The van der Waals surface area contributed by atoms with Gasteiger partial charge in [-0.3, -0.25) is 19.6 Å². The van der Waals surface area contributed by atoms with Crippen molar-refractivity contribution < 1.29 is 14.8 Å². The molecule has 1 atom stereocenters. The molecule has 0 saturated heterocycles. The number of aliphatic hydroxyl groups excluding tert-OH is 1. The molecule has 2 aromatic carbocycles. The maximum Gasteiger partial charge on any atom is 0.312 e. The number of amides is 1. The van der Waals surface area contributed by atoms with E-state index in [2.05, 4.69) is 10.4 Å². The third-order valence-electron chi connectivity index (χ3n) is 4.75. The van der Waals surface area contributed by atoms with Gasteiger partial charge in [-0.1, -0.05) is 48.5 Å². The lowest BCUT2D eigenvalue weighted by atomic mass is 10.1. The molecule has 8 heteroatoms. The van der Waals surface area contributed by atoms with Crippen LogP contribution >= 0.6 is 0 Å². The van der Waals surface area contributed by atoms with Crippen molar-refractivity contribution in [2.45, 2.75) is 26.5 Å². The lowest BCUT2D eigenvalue weighted by molar-refractivity contribution is -0.386. The normalized spacial score (nSPS) is 11.8. The second kappa shape index (κ2) is 8.66. The molecule has 8 nitrogen and oxygen atoms in total. The minimum absolute atomic E-state index is 0.0158. The van der Waals surface area contributed by atoms with Crippen LogP contribution in [0, 0.1) is 24.0 Å². The van der Waals surface area contributed by atoms with Crippen LogP contribution in [0.25, 0.3) is 0 Å². The van der Waals surface area contributed by atoms with Gasteiger partial charge in [0.2, 0.25) is 0 Å². The zero-order valence-electron chi connectivity index (χ0n) is 16.2. The van der Waals surface area contributed by atoms with Gasteiger partial charge in [0.15, 0.2) is 0 Å². The summed E-state index contributed by atoms with van der Waals surface area (Å²) >= 11 is 0. The number of hydrogen-bond acceptors (Lipinski definition) is 5. The van der Waals surface area contributed by atoms with Crippen LogP contribution in [0.4, 0.5) is 5.69 Å². The predicted molar refractivity (Wildman–Crippen MR) is 108 cm³/mol. The van der Waals surface area contributed by atoms with Crippen LogP contribution in [-0.2, 0) is 6.54 Å². The van der Waals surface area contributed by atoms with Gasteiger partial charge in [0.1, 0.15) is 11.4 Å². The molecule has 0 radical (unpaired) electrons. The second-order valence-electron chi connectivity index (χ2n) is 6.73. The molecule has 0 bridgehead atoms. The van der Waals surface area contributed by atoms with Crippen LogP contribution < -0.4 is 5.32 Å². The first-order chi connectivity index (χ1) is 13.9. The Hall–Kier alpha value is -3.52. The fraction of sp³-hybridized carbons (Fsp3) is 0.238. The molecule has 0 aliphatic carbocycles. The molecule has 1 aromatic heterocycles. The number of nitrogens with zero attached hydrogens (tertiary/aromatic N) is 3. The Morgan fingerprint density at radius 2 is 1.83 bits per heavy atom. The highest BCUT2D eigenvalue weighted by atomic mass is 16.6. The van der Waals surface area contributed by atoms with Crippen LogP contribution in [0.2, 0.25) is 0 Å². The molecular weight excluding hydrogens is 372 g/mol. The fourth-order valence-corrected chi connectivity index (χ4v) is 3.22. The van der Waals surface area contributed by atoms with E-state index in [4.69, 9.17) is 0 Å². The van der Waals surface area contributed by atoms with E-state index >= 15 is 0 Å². The topological polar surface area (TPSA) is 110 Å². The molecule has 1 heterocycles. The SMILES string of the molecule is Cc1nn(Cc2ccccc2C(=O)NCC(O)c2ccccc2)c(C)c1[N+](=O)[O-]. The van der Waals surface area contributed by atoms with E-state index in [-0.39, 0.29) is 24.7 Å². The highest BCUT2D eigenvalue weighted by Gasteiger charge is 2.22. The number of nitrogens with one attached hydrogen (secondary N) is 1. The van der Waals surface area contributed by atoms with E-state index in [1.807, 2.05) is 18.2 Å². The molecule has 150 valence electrons. The van der Waals surface area contributed by atoms with Gasteiger partial charge >= 0.3 is 5.69 Å². The molecule has 3 rings (SSSR count). The molecule has 29 heavy (non-hydrogen) atoms. The molecule has 1 unspecified atom stereocenters. The van der Waals surface area contributed by atoms with Gasteiger partial charge in [0.05, 0.1) is 17.6 Å². The lowest BCUT2D eigenvalue weighted by Crippen LogP contribution is -2.29. The monoisotopic (exact) mass is 394 g/mol. The molecule has 0 aliphatic heterocycles. The first-order valence-corrected chi connectivity index (χ1v) is 9.16. The molecular formula is C21H22N4O4. The summed E-state index contributed by atoms with van der Waals surface area (Å²) in [5.74, 6) is -0.327. The van der Waals surface area contributed by atoms with Crippen molar-refractivity contribution in [1.29, 1.82) is 0 Å². The summed E-state index contributed by atoms with van der Waals surface area (Å²) in [5, 5.41) is 28.5. The largest absolute Gasteiger partial charge is 0.387 e. The zero-order chi connectivity index (χ0) is 21.0. The number of carbonyl (C=O) groups is 1. The number of hydrogen-bond donors (Lipinski definition) is 2. The molecule has 3 aromatic rings. The van der Waals surface area contributed by atoms with Gasteiger partial charge < -0.3 is 10.4 Å². The van der Waals surface area contributed by atoms with Gasteiger partial charge in [-0.25, -0.2) is 0 Å². The van der Waals surface area contributed by atoms with Crippen molar-refractivity contribution in [2.75, 3.05) is 6.54 Å². The molecule has 0 spiro atoms. The molecule has 1 amide bonds. The molecule has 0 aliphatic rings. The number of nitro groups is 1. The summed E-state index contributed by atoms with van der Waals surface area (Å²) in [6.07, 6.45) is -0.814. The molecule has 0 fully saturated rings. The maximum absolute atomic E-state index is 12.7. The van der Waals surface area contributed by atoms with E-state index in [9.17, 15) is 20.0 Å². The highest BCUT2D eigenvalue weighted by Crippen LogP contribution is 2.23. The third-order valence-corrected chi connectivity index (χ3v) is 4.75.